The van der Waals surface area contributed by atoms with Crippen LogP contribution in [-0.2, 0) is 6.54 Å². The Morgan fingerprint density at radius 1 is 0.872 bits per heavy atom. The standard InChI is InChI=1S/C32H37Cl2N3O2/c33-28-9-4-8-26(21-28)25-7-3-6-24(20-25)23-37-18-12-29(13-19-37)39-31-11-10-27(22-30(31)34)32(38)35-14-5-17-36-15-1-2-16-36/h3-4,6-11,20-22,29H,1-2,5,12-19,23H2,(H,35,38). The summed E-state index contributed by atoms with van der Waals surface area (Å²) in [7, 11) is 0. The number of amides is 1. The average Bonchev–Trinajstić information content (AvgIpc) is 3.47. The van der Waals surface area contributed by atoms with Crippen molar-refractivity contribution in [2.24, 2.45) is 0 Å². The molecular weight excluding hydrogens is 529 g/mol. The number of halogens is 2. The Morgan fingerprint density at radius 2 is 1.62 bits per heavy atom. The molecule has 2 aliphatic rings. The number of carbonyl (C=O) groups excluding carboxylic acids is 1. The molecule has 5 nitrogen and oxygen atoms in total. The number of nitrogens with zero attached hydrogens (tertiary/aromatic N) is 2. The highest BCUT2D eigenvalue weighted by atomic mass is 35.5. The van der Waals surface area contributed by atoms with E-state index in [2.05, 4.69) is 45.4 Å². The van der Waals surface area contributed by atoms with Crippen LogP contribution < -0.4 is 10.1 Å². The quantitative estimate of drug-likeness (QED) is 0.271. The van der Waals surface area contributed by atoms with Crippen LogP contribution in [0.1, 0.15) is 48.0 Å². The van der Waals surface area contributed by atoms with Crippen molar-refractivity contribution in [3.63, 3.8) is 0 Å². The molecule has 1 N–H and O–H groups in total. The molecule has 7 heteroatoms. The van der Waals surface area contributed by atoms with Gasteiger partial charge in [0.25, 0.3) is 5.91 Å². The number of piperidine rings is 1. The smallest absolute Gasteiger partial charge is 0.251 e. The van der Waals surface area contributed by atoms with Gasteiger partial charge in [0.1, 0.15) is 11.9 Å². The fraction of sp³-hybridized carbons (Fsp3) is 0.406. The van der Waals surface area contributed by atoms with Gasteiger partial charge in [0, 0.05) is 36.8 Å². The zero-order valence-corrected chi connectivity index (χ0v) is 23.9. The molecule has 0 saturated carbocycles. The molecule has 3 aromatic rings. The molecule has 2 heterocycles. The van der Waals surface area contributed by atoms with E-state index in [4.69, 9.17) is 27.9 Å². The van der Waals surface area contributed by atoms with Crippen LogP contribution in [0.25, 0.3) is 11.1 Å². The van der Waals surface area contributed by atoms with Crippen molar-refractivity contribution in [2.75, 3.05) is 39.3 Å². The molecule has 3 aromatic carbocycles. The lowest BCUT2D eigenvalue weighted by atomic mass is 10.0. The fourth-order valence-corrected chi connectivity index (χ4v) is 5.91. The zero-order chi connectivity index (χ0) is 27.0. The van der Waals surface area contributed by atoms with E-state index < -0.39 is 0 Å². The largest absolute Gasteiger partial charge is 0.489 e. The summed E-state index contributed by atoms with van der Waals surface area (Å²) in [6, 6.07) is 22.0. The number of rotatable bonds is 10. The first kappa shape index (κ1) is 28.0. The van der Waals surface area contributed by atoms with Crippen molar-refractivity contribution in [3.8, 4) is 16.9 Å². The number of benzene rings is 3. The fourth-order valence-electron chi connectivity index (χ4n) is 5.49. The molecular formula is C32H37Cl2N3O2. The van der Waals surface area contributed by atoms with Crippen LogP contribution >= 0.6 is 23.2 Å². The van der Waals surface area contributed by atoms with Gasteiger partial charge in [-0.25, -0.2) is 0 Å². The first-order valence-electron chi connectivity index (χ1n) is 14.1. The van der Waals surface area contributed by atoms with Crippen LogP contribution in [0.3, 0.4) is 0 Å². The second-order valence-electron chi connectivity index (χ2n) is 10.6. The van der Waals surface area contributed by atoms with Gasteiger partial charge in [-0.2, -0.15) is 0 Å². The maximum absolute atomic E-state index is 12.6. The van der Waals surface area contributed by atoms with E-state index in [0.29, 0.717) is 22.9 Å². The van der Waals surface area contributed by atoms with E-state index in [9.17, 15) is 4.79 Å². The van der Waals surface area contributed by atoms with E-state index in [0.717, 1.165) is 56.0 Å². The number of likely N-dealkylation sites (tertiary alicyclic amines) is 2. The number of hydrogen-bond donors (Lipinski definition) is 1. The Kier molecular flexibility index (Phi) is 9.81. The zero-order valence-electron chi connectivity index (χ0n) is 22.4. The molecule has 0 unspecified atom stereocenters. The number of ether oxygens (including phenoxy) is 1. The Hall–Kier alpha value is -2.57. The third kappa shape index (κ3) is 7.98. The van der Waals surface area contributed by atoms with Crippen LogP contribution in [-0.4, -0.2) is 61.1 Å². The van der Waals surface area contributed by atoms with Crippen molar-refractivity contribution in [2.45, 2.75) is 44.8 Å². The Labute approximate surface area is 242 Å². The minimum atomic E-state index is -0.0855. The maximum atomic E-state index is 12.6. The van der Waals surface area contributed by atoms with Gasteiger partial charge in [0.05, 0.1) is 5.02 Å². The monoisotopic (exact) mass is 565 g/mol. The SMILES string of the molecule is O=C(NCCCN1CCCC1)c1ccc(OC2CCN(Cc3cccc(-c4cccc(Cl)c4)c3)CC2)c(Cl)c1. The number of carbonyl (C=O) groups is 1. The molecule has 1 amide bonds. The van der Waals surface area contributed by atoms with E-state index in [1.807, 2.05) is 24.3 Å². The summed E-state index contributed by atoms with van der Waals surface area (Å²) < 4.78 is 6.25. The van der Waals surface area contributed by atoms with Crippen LogP contribution in [0.15, 0.2) is 66.7 Å². The van der Waals surface area contributed by atoms with Gasteiger partial charge in [0.15, 0.2) is 0 Å². The van der Waals surface area contributed by atoms with Gasteiger partial charge in [-0.3, -0.25) is 9.69 Å². The topological polar surface area (TPSA) is 44.8 Å². The third-order valence-electron chi connectivity index (χ3n) is 7.65. The van der Waals surface area contributed by atoms with Crippen molar-refractivity contribution in [1.29, 1.82) is 0 Å². The molecule has 2 fully saturated rings. The second-order valence-corrected chi connectivity index (χ2v) is 11.5. The Bertz CT molecular complexity index is 1250. The molecule has 2 saturated heterocycles. The number of hydrogen-bond acceptors (Lipinski definition) is 4. The predicted octanol–water partition coefficient (Wildman–Crippen LogP) is 6.92. The van der Waals surface area contributed by atoms with Gasteiger partial charge in [-0.1, -0.05) is 53.5 Å². The minimum absolute atomic E-state index is 0.0855. The van der Waals surface area contributed by atoms with Gasteiger partial charge >= 0.3 is 0 Å². The summed E-state index contributed by atoms with van der Waals surface area (Å²) in [6.07, 6.45) is 5.53. The lowest BCUT2D eigenvalue weighted by Crippen LogP contribution is -2.37. The van der Waals surface area contributed by atoms with Crippen molar-refractivity contribution < 1.29 is 9.53 Å². The Balaban J connectivity index is 1.07. The predicted molar refractivity (Wildman–Crippen MR) is 160 cm³/mol. The van der Waals surface area contributed by atoms with Crippen LogP contribution in [0.2, 0.25) is 10.0 Å². The maximum Gasteiger partial charge on any atom is 0.251 e. The van der Waals surface area contributed by atoms with Crippen LogP contribution in [0.5, 0.6) is 5.75 Å². The Morgan fingerprint density at radius 3 is 2.36 bits per heavy atom. The highest BCUT2D eigenvalue weighted by Gasteiger charge is 2.22. The molecule has 0 bridgehead atoms. The molecule has 2 aliphatic heterocycles. The third-order valence-corrected chi connectivity index (χ3v) is 8.18. The number of nitrogens with one attached hydrogen (secondary N) is 1. The molecule has 39 heavy (non-hydrogen) atoms. The van der Waals surface area contributed by atoms with E-state index in [1.165, 1.54) is 37.1 Å². The van der Waals surface area contributed by atoms with Gasteiger partial charge in [-0.05, 0) is 105 Å². The second kappa shape index (κ2) is 13.7. The molecule has 5 rings (SSSR count). The van der Waals surface area contributed by atoms with Crippen molar-refractivity contribution >= 4 is 29.1 Å². The normalized spacial score (nSPS) is 16.9. The van der Waals surface area contributed by atoms with E-state index in [-0.39, 0.29) is 12.0 Å². The van der Waals surface area contributed by atoms with Gasteiger partial charge < -0.3 is 15.0 Å². The van der Waals surface area contributed by atoms with E-state index >= 15 is 0 Å². The van der Waals surface area contributed by atoms with Crippen LogP contribution in [0.4, 0.5) is 0 Å². The summed E-state index contributed by atoms with van der Waals surface area (Å²) in [6.45, 7) is 6.91. The van der Waals surface area contributed by atoms with Crippen molar-refractivity contribution in [1.82, 2.24) is 15.1 Å². The molecule has 206 valence electrons. The lowest BCUT2D eigenvalue weighted by Gasteiger charge is -2.32. The van der Waals surface area contributed by atoms with Gasteiger partial charge in [0.2, 0.25) is 0 Å². The summed E-state index contributed by atoms with van der Waals surface area (Å²) in [5, 5.41) is 4.25. The first-order valence-corrected chi connectivity index (χ1v) is 14.8. The molecule has 0 spiro atoms. The summed E-state index contributed by atoms with van der Waals surface area (Å²) >= 11 is 12.7. The minimum Gasteiger partial charge on any atom is -0.489 e. The molecule has 0 atom stereocenters. The first-order chi connectivity index (χ1) is 19.0. The summed E-state index contributed by atoms with van der Waals surface area (Å²) in [4.78, 5) is 17.5. The van der Waals surface area contributed by atoms with E-state index in [1.54, 1.807) is 12.1 Å². The van der Waals surface area contributed by atoms with Gasteiger partial charge in [-0.15, -0.1) is 0 Å². The summed E-state index contributed by atoms with van der Waals surface area (Å²) in [5.74, 6) is 0.563. The van der Waals surface area contributed by atoms with Crippen LogP contribution in [0, 0.1) is 0 Å². The highest BCUT2D eigenvalue weighted by molar-refractivity contribution is 6.32. The van der Waals surface area contributed by atoms with Crippen molar-refractivity contribution in [3.05, 3.63) is 87.9 Å². The lowest BCUT2D eigenvalue weighted by molar-refractivity contribution is 0.0949. The average molecular weight is 567 g/mol. The summed E-state index contributed by atoms with van der Waals surface area (Å²) in [5.41, 5.74) is 4.18. The highest BCUT2D eigenvalue weighted by Crippen LogP contribution is 2.29. The molecule has 0 radical (unpaired) electrons. The molecule has 0 aliphatic carbocycles. The molecule has 0 aromatic heterocycles.